The lowest BCUT2D eigenvalue weighted by Gasteiger charge is -2.33. The molecule has 1 fully saturated rings. The number of carbonyl (C=O) groups is 1. The molecule has 3 rings (SSSR count). The molecule has 1 unspecified atom stereocenters. The van der Waals surface area contributed by atoms with E-state index >= 15 is 0 Å². The van der Waals surface area contributed by atoms with Crippen molar-refractivity contribution in [3.63, 3.8) is 0 Å². The van der Waals surface area contributed by atoms with Crippen LogP contribution in [0.4, 0.5) is 4.79 Å². The minimum atomic E-state index is -0.457. The highest BCUT2D eigenvalue weighted by Crippen LogP contribution is 2.35. The second kappa shape index (κ2) is 11.5. The number of fused-ring (bicyclic) bond motifs is 1. The summed E-state index contributed by atoms with van der Waals surface area (Å²) in [5.41, 5.74) is 8.30. The van der Waals surface area contributed by atoms with E-state index in [4.69, 9.17) is 4.74 Å². The van der Waals surface area contributed by atoms with Crippen LogP contribution in [0, 0.1) is 5.92 Å². The zero-order valence-corrected chi connectivity index (χ0v) is 23.8. The summed E-state index contributed by atoms with van der Waals surface area (Å²) in [6, 6.07) is 6.88. The molecule has 4 nitrogen and oxygen atoms in total. The molecule has 1 atom stereocenters. The van der Waals surface area contributed by atoms with Gasteiger partial charge >= 0.3 is 6.09 Å². The third-order valence-corrected chi connectivity index (χ3v) is 7.37. The molecule has 4 heteroatoms. The summed E-state index contributed by atoms with van der Waals surface area (Å²) >= 11 is 0. The van der Waals surface area contributed by atoms with Crippen molar-refractivity contribution in [1.29, 1.82) is 0 Å². The maximum absolute atomic E-state index is 12.5. The molecule has 2 aromatic rings. The number of benzene rings is 1. The third-order valence-electron chi connectivity index (χ3n) is 7.37. The van der Waals surface area contributed by atoms with Crippen LogP contribution in [0.1, 0.15) is 97.4 Å². The van der Waals surface area contributed by atoms with Crippen molar-refractivity contribution in [2.24, 2.45) is 5.92 Å². The Bertz CT molecular complexity index is 1150. The van der Waals surface area contributed by atoms with Crippen molar-refractivity contribution >= 4 is 22.6 Å². The van der Waals surface area contributed by atoms with Gasteiger partial charge in [0.2, 0.25) is 0 Å². The molecular weight excluding hydrogens is 444 g/mol. The first-order chi connectivity index (χ1) is 16.9. The summed E-state index contributed by atoms with van der Waals surface area (Å²) < 4.78 is 5.57. The van der Waals surface area contributed by atoms with E-state index < -0.39 is 5.60 Å². The number of piperidine rings is 1. The number of aromatic amines is 1. The Labute approximate surface area is 218 Å². The van der Waals surface area contributed by atoms with Crippen LogP contribution >= 0.6 is 0 Å². The van der Waals surface area contributed by atoms with Gasteiger partial charge in [-0.2, -0.15) is 0 Å². The Kier molecular flexibility index (Phi) is 8.92. The first kappa shape index (κ1) is 27.8. The number of carbonyl (C=O) groups excluding carboxylic acids is 1. The van der Waals surface area contributed by atoms with Gasteiger partial charge in [0.05, 0.1) is 0 Å². The number of ether oxygens (including phenoxy) is 1. The van der Waals surface area contributed by atoms with Gasteiger partial charge in [0.25, 0.3) is 0 Å². The summed E-state index contributed by atoms with van der Waals surface area (Å²) in [6.07, 6.45) is 8.34. The van der Waals surface area contributed by atoms with Crippen LogP contribution in [-0.4, -0.2) is 34.7 Å². The molecule has 1 aromatic carbocycles. The van der Waals surface area contributed by atoms with Gasteiger partial charge in [-0.1, -0.05) is 56.7 Å². The maximum Gasteiger partial charge on any atom is 0.410 e. The number of hydrogen-bond donors (Lipinski definition) is 1. The predicted octanol–water partition coefficient (Wildman–Crippen LogP) is 8.80. The Balaban J connectivity index is 1.90. The number of hydrogen-bond acceptors (Lipinski definition) is 2. The standard InChI is InChI=1S/C32H46N2O2/c1-10-22(5)23(6)19-26(18-21(3)4)30-27(11-2)28-20-25(12-13-29(28)33-30)24-14-16-34(17-15-24)31(35)36-32(7,8)9/h12-13,18-20,22,24,33H,3,10-11,14-17H2,1-2,4-9H3/b23-19-,26-18+. The van der Waals surface area contributed by atoms with E-state index in [-0.39, 0.29) is 6.09 Å². The molecule has 0 aliphatic carbocycles. The second-order valence-corrected chi connectivity index (χ2v) is 11.5. The molecule has 1 N–H and O–H groups in total. The fourth-order valence-electron chi connectivity index (χ4n) is 5.02. The molecular formula is C32H46N2O2. The van der Waals surface area contributed by atoms with Crippen LogP contribution < -0.4 is 0 Å². The molecule has 196 valence electrons. The highest BCUT2D eigenvalue weighted by molar-refractivity contribution is 5.92. The lowest BCUT2D eigenvalue weighted by atomic mass is 9.88. The lowest BCUT2D eigenvalue weighted by molar-refractivity contribution is 0.0205. The van der Waals surface area contributed by atoms with E-state index in [9.17, 15) is 4.79 Å². The molecule has 0 spiro atoms. The first-order valence-corrected chi connectivity index (χ1v) is 13.6. The molecule has 0 bridgehead atoms. The van der Waals surface area contributed by atoms with E-state index in [1.165, 1.54) is 38.9 Å². The van der Waals surface area contributed by atoms with Gasteiger partial charge in [-0.25, -0.2) is 4.79 Å². The zero-order chi connectivity index (χ0) is 26.6. The van der Waals surface area contributed by atoms with E-state index in [1.54, 1.807) is 0 Å². The average Bonchev–Trinajstić information content (AvgIpc) is 3.19. The third kappa shape index (κ3) is 6.72. The summed E-state index contributed by atoms with van der Waals surface area (Å²) in [6.45, 7) is 22.4. The molecule has 1 amide bonds. The molecule has 0 radical (unpaired) electrons. The first-order valence-electron chi connectivity index (χ1n) is 13.6. The van der Waals surface area contributed by atoms with Crippen molar-refractivity contribution in [2.45, 2.75) is 92.6 Å². The SMILES string of the molecule is C=C(C)/C=C(\C=C(\C)C(C)CC)c1[nH]c2ccc(C3CCN(C(=O)OC(C)(C)C)CC3)cc2c1CC. The number of nitrogens with zero attached hydrogens (tertiary/aromatic N) is 1. The monoisotopic (exact) mass is 490 g/mol. The largest absolute Gasteiger partial charge is 0.444 e. The number of H-pyrrole nitrogens is 1. The number of nitrogens with one attached hydrogen (secondary N) is 1. The quantitative estimate of drug-likeness (QED) is 0.394. The minimum Gasteiger partial charge on any atom is -0.444 e. The lowest BCUT2D eigenvalue weighted by Crippen LogP contribution is -2.41. The normalized spacial score (nSPS) is 16.9. The number of likely N-dealkylation sites (tertiary alicyclic amines) is 1. The molecule has 1 aromatic heterocycles. The second-order valence-electron chi connectivity index (χ2n) is 11.5. The Morgan fingerprint density at radius 2 is 1.86 bits per heavy atom. The Morgan fingerprint density at radius 1 is 1.19 bits per heavy atom. The van der Waals surface area contributed by atoms with Crippen LogP contribution in [0.3, 0.4) is 0 Å². The summed E-state index contributed by atoms with van der Waals surface area (Å²) in [4.78, 5) is 18.1. The van der Waals surface area contributed by atoms with Gasteiger partial charge in [0, 0.05) is 29.7 Å². The Morgan fingerprint density at radius 3 is 2.42 bits per heavy atom. The van der Waals surface area contributed by atoms with Crippen molar-refractivity contribution in [1.82, 2.24) is 9.88 Å². The smallest absolute Gasteiger partial charge is 0.410 e. The van der Waals surface area contributed by atoms with E-state index in [2.05, 4.69) is 76.5 Å². The summed E-state index contributed by atoms with van der Waals surface area (Å²) in [5, 5.41) is 1.31. The number of rotatable bonds is 7. The summed E-state index contributed by atoms with van der Waals surface area (Å²) in [7, 11) is 0. The number of amides is 1. The fraction of sp³-hybridized carbons (Fsp3) is 0.531. The van der Waals surface area contributed by atoms with Gasteiger partial charge in [0.1, 0.15) is 5.60 Å². The van der Waals surface area contributed by atoms with Crippen molar-refractivity contribution < 1.29 is 9.53 Å². The minimum absolute atomic E-state index is 0.197. The van der Waals surface area contributed by atoms with Gasteiger partial charge in [-0.15, -0.1) is 0 Å². The highest BCUT2D eigenvalue weighted by Gasteiger charge is 2.28. The number of aromatic nitrogens is 1. The van der Waals surface area contributed by atoms with Crippen LogP contribution in [-0.2, 0) is 11.2 Å². The molecule has 1 saturated heterocycles. The van der Waals surface area contributed by atoms with Crippen LogP contribution in [0.2, 0.25) is 0 Å². The number of aryl methyl sites for hydroxylation is 1. The van der Waals surface area contributed by atoms with Gasteiger partial charge in [0.15, 0.2) is 0 Å². The van der Waals surface area contributed by atoms with Crippen LogP contribution in [0.25, 0.3) is 16.5 Å². The van der Waals surface area contributed by atoms with E-state index in [1.807, 2.05) is 25.7 Å². The van der Waals surface area contributed by atoms with Crippen molar-refractivity contribution in [2.75, 3.05) is 13.1 Å². The topological polar surface area (TPSA) is 45.3 Å². The highest BCUT2D eigenvalue weighted by atomic mass is 16.6. The Hall–Kier alpha value is -2.75. The summed E-state index contributed by atoms with van der Waals surface area (Å²) in [5.74, 6) is 1.00. The van der Waals surface area contributed by atoms with Crippen LogP contribution in [0.5, 0.6) is 0 Å². The molecule has 1 aliphatic heterocycles. The molecule has 0 saturated carbocycles. The van der Waals surface area contributed by atoms with Gasteiger partial charge in [-0.3, -0.25) is 0 Å². The van der Waals surface area contributed by atoms with E-state index in [0.717, 1.165) is 44.3 Å². The number of allylic oxidation sites excluding steroid dienone is 5. The average molecular weight is 491 g/mol. The predicted molar refractivity (Wildman–Crippen MR) is 153 cm³/mol. The van der Waals surface area contributed by atoms with Crippen LogP contribution in [0.15, 0.2) is 48.1 Å². The van der Waals surface area contributed by atoms with Gasteiger partial charge < -0.3 is 14.6 Å². The van der Waals surface area contributed by atoms with Gasteiger partial charge in [-0.05, 0) is 101 Å². The van der Waals surface area contributed by atoms with Crippen molar-refractivity contribution in [3.05, 3.63) is 64.9 Å². The van der Waals surface area contributed by atoms with Crippen molar-refractivity contribution in [3.8, 4) is 0 Å². The molecule has 36 heavy (non-hydrogen) atoms. The zero-order valence-electron chi connectivity index (χ0n) is 23.8. The van der Waals surface area contributed by atoms with E-state index in [0.29, 0.717) is 11.8 Å². The molecule has 2 heterocycles. The molecule has 1 aliphatic rings. The maximum atomic E-state index is 12.5. The fourth-order valence-corrected chi connectivity index (χ4v) is 5.02.